The number of ether oxygens (including phenoxy) is 1. The van der Waals surface area contributed by atoms with Crippen LogP contribution in [0.5, 0.6) is 0 Å². The Hall–Kier alpha value is -0.530. The third-order valence-corrected chi connectivity index (χ3v) is 8.11. The van der Waals surface area contributed by atoms with Gasteiger partial charge in [-0.2, -0.15) is 0 Å². The van der Waals surface area contributed by atoms with Crippen molar-refractivity contribution in [2.45, 2.75) is 195 Å². The number of hydrogen-bond acceptors (Lipinski definition) is 2. The van der Waals surface area contributed by atoms with Gasteiger partial charge in [0.2, 0.25) is 0 Å². The molecule has 0 N–H and O–H groups in total. The zero-order valence-corrected chi connectivity index (χ0v) is 25.6. The van der Waals surface area contributed by atoms with Gasteiger partial charge in [0.1, 0.15) is 0 Å². The van der Waals surface area contributed by atoms with E-state index in [9.17, 15) is 4.79 Å². The summed E-state index contributed by atoms with van der Waals surface area (Å²) in [6, 6.07) is 0. The summed E-state index contributed by atoms with van der Waals surface area (Å²) in [6.45, 7) is 9.76. The van der Waals surface area contributed by atoms with Crippen LogP contribution >= 0.6 is 0 Å². The maximum absolute atomic E-state index is 13.0. The molecule has 0 saturated carbocycles. The Morgan fingerprint density at radius 3 is 1.25 bits per heavy atom. The van der Waals surface area contributed by atoms with Crippen molar-refractivity contribution in [3.05, 3.63) is 0 Å². The molecule has 2 heteroatoms. The van der Waals surface area contributed by atoms with E-state index in [-0.39, 0.29) is 11.9 Å². The lowest BCUT2D eigenvalue weighted by molar-refractivity contribution is -0.151. The molecule has 2 unspecified atom stereocenters. The van der Waals surface area contributed by atoms with Crippen LogP contribution in [-0.2, 0) is 9.53 Å². The summed E-state index contributed by atoms with van der Waals surface area (Å²) < 4.78 is 5.82. The molecule has 0 amide bonds. The van der Waals surface area contributed by atoms with Crippen molar-refractivity contribution in [3.8, 4) is 0 Å². The van der Waals surface area contributed by atoms with Gasteiger partial charge in [-0.05, 0) is 25.2 Å². The highest BCUT2D eigenvalue weighted by atomic mass is 16.5. The molecule has 0 radical (unpaired) electrons. The fourth-order valence-corrected chi connectivity index (χ4v) is 5.45. The number of carbonyl (C=O) groups excluding carboxylic acids is 1. The molecule has 0 aliphatic heterocycles. The van der Waals surface area contributed by atoms with E-state index in [1.165, 1.54) is 154 Å². The van der Waals surface area contributed by atoms with Crippen LogP contribution in [-0.4, -0.2) is 12.6 Å². The Morgan fingerprint density at radius 1 is 0.472 bits per heavy atom. The Balaban J connectivity index is 4.09. The van der Waals surface area contributed by atoms with Crippen LogP contribution in [0.25, 0.3) is 0 Å². The highest BCUT2D eigenvalue weighted by Gasteiger charge is 2.25. The smallest absolute Gasteiger partial charge is 0.309 e. The van der Waals surface area contributed by atoms with E-state index in [4.69, 9.17) is 4.74 Å². The molecule has 0 aromatic heterocycles. The van der Waals surface area contributed by atoms with E-state index < -0.39 is 0 Å². The summed E-state index contributed by atoms with van der Waals surface area (Å²) in [5.74, 6) is 0.674. The molecule has 0 bridgehead atoms. The fourth-order valence-electron chi connectivity index (χ4n) is 5.45. The Labute approximate surface area is 228 Å². The Kier molecular flexibility index (Phi) is 28.6. The van der Waals surface area contributed by atoms with Crippen molar-refractivity contribution in [1.29, 1.82) is 0 Å². The molecule has 0 fully saturated rings. The number of esters is 1. The van der Waals surface area contributed by atoms with Crippen LogP contribution in [0.1, 0.15) is 195 Å². The minimum absolute atomic E-state index is 0.101. The first kappa shape index (κ1) is 35.5. The van der Waals surface area contributed by atoms with Gasteiger partial charge in [0, 0.05) is 0 Å². The van der Waals surface area contributed by atoms with Gasteiger partial charge in [-0.15, -0.1) is 0 Å². The van der Waals surface area contributed by atoms with E-state index in [0.29, 0.717) is 12.5 Å². The van der Waals surface area contributed by atoms with E-state index >= 15 is 0 Å². The predicted octanol–water partition coefficient (Wildman–Crippen LogP) is 12.0. The SMILES string of the molecule is CCCCCCCCCCCCCCC(C(=O)OCCCCCCCCCC)C(C)CCCCCC. The standard InChI is InChI=1S/C34H68O2/c1-5-8-11-14-16-18-19-20-21-22-24-27-30-33(32(4)29-26-13-10-7-3)34(35)36-31-28-25-23-17-15-12-9-6-2/h32-33H,5-31H2,1-4H3. The molecule has 216 valence electrons. The van der Waals surface area contributed by atoms with Crippen LogP contribution in [0.3, 0.4) is 0 Å². The number of carbonyl (C=O) groups is 1. The van der Waals surface area contributed by atoms with Gasteiger partial charge in [0.05, 0.1) is 12.5 Å². The van der Waals surface area contributed by atoms with Crippen LogP contribution in [0.15, 0.2) is 0 Å². The van der Waals surface area contributed by atoms with Crippen molar-refractivity contribution >= 4 is 5.97 Å². The van der Waals surface area contributed by atoms with Crippen molar-refractivity contribution in [2.24, 2.45) is 11.8 Å². The van der Waals surface area contributed by atoms with Crippen LogP contribution < -0.4 is 0 Å². The zero-order valence-electron chi connectivity index (χ0n) is 25.6. The summed E-state index contributed by atoms with van der Waals surface area (Å²) in [6.07, 6.45) is 34.1. The lowest BCUT2D eigenvalue weighted by atomic mass is 9.85. The summed E-state index contributed by atoms with van der Waals surface area (Å²) >= 11 is 0. The van der Waals surface area contributed by atoms with E-state index in [0.717, 1.165) is 12.8 Å². The number of unbranched alkanes of at least 4 members (excludes halogenated alkanes) is 21. The molecule has 0 aromatic rings. The molecule has 0 aromatic carbocycles. The number of rotatable bonds is 29. The van der Waals surface area contributed by atoms with Gasteiger partial charge >= 0.3 is 5.97 Å². The molecule has 2 atom stereocenters. The second-order valence-electron chi connectivity index (χ2n) is 11.8. The zero-order chi connectivity index (χ0) is 26.5. The van der Waals surface area contributed by atoms with Crippen LogP contribution in [0, 0.1) is 11.8 Å². The third-order valence-electron chi connectivity index (χ3n) is 8.11. The molecule has 0 aliphatic carbocycles. The average molecular weight is 509 g/mol. The van der Waals surface area contributed by atoms with E-state index in [2.05, 4.69) is 27.7 Å². The Morgan fingerprint density at radius 2 is 0.806 bits per heavy atom. The molecule has 0 spiro atoms. The molecular weight excluding hydrogens is 440 g/mol. The minimum Gasteiger partial charge on any atom is -0.465 e. The molecule has 0 aliphatic rings. The second-order valence-corrected chi connectivity index (χ2v) is 11.8. The first-order valence-corrected chi connectivity index (χ1v) is 16.8. The quantitative estimate of drug-likeness (QED) is 0.0741. The summed E-state index contributed by atoms with van der Waals surface area (Å²) in [5, 5.41) is 0. The molecule has 0 heterocycles. The van der Waals surface area contributed by atoms with Crippen molar-refractivity contribution in [1.82, 2.24) is 0 Å². The third kappa shape index (κ3) is 23.8. The van der Waals surface area contributed by atoms with Gasteiger partial charge in [-0.25, -0.2) is 0 Å². The van der Waals surface area contributed by atoms with Gasteiger partial charge < -0.3 is 4.74 Å². The topological polar surface area (TPSA) is 26.3 Å². The van der Waals surface area contributed by atoms with Crippen LogP contribution in [0.4, 0.5) is 0 Å². The first-order valence-electron chi connectivity index (χ1n) is 16.8. The van der Waals surface area contributed by atoms with Crippen molar-refractivity contribution < 1.29 is 9.53 Å². The van der Waals surface area contributed by atoms with Crippen LogP contribution in [0.2, 0.25) is 0 Å². The molecule has 2 nitrogen and oxygen atoms in total. The Bertz CT molecular complexity index is 433. The van der Waals surface area contributed by atoms with Gasteiger partial charge in [-0.1, -0.05) is 175 Å². The predicted molar refractivity (Wildman–Crippen MR) is 161 cm³/mol. The van der Waals surface area contributed by atoms with Crippen molar-refractivity contribution in [3.63, 3.8) is 0 Å². The molecule has 0 saturated heterocycles. The van der Waals surface area contributed by atoms with Gasteiger partial charge in [0.15, 0.2) is 0 Å². The fraction of sp³-hybridized carbons (Fsp3) is 0.971. The average Bonchev–Trinajstić information content (AvgIpc) is 2.88. The maximum Gasteiger partial charge on any atom is 0.309 e. The van der Waals surface area contributed by atoms with Gasteiger partial charge in [0.25, 0.3) is 0 Å². The highest BCUT2D eigenvalue weighted by Crippen LogP contribution is 2.26. The largest absolute Gasteiger partial charge is 0.465 e. The summed E-state index contributed by atoms with van der Waals surface area (Å²) in [4.78, 5) is 13.0. The molecular formula is C34H68O2. The first-order chi connectivity index (χ1) is 17.7. The monoisotopic (exact) mass is 509 g/mol. The summed E-state index contributed by atoms with van der Waals surface area (Å²) in [5.41, 5.74) is 0. The summed E-state index contributed by atoms with van der Waals surface area (Å²) in [7, 11) is 0. The van der Waals surface area contributed by atoms with Crippen molar-refractivity contribution in [2.75, 3.05) is 6.61 Å². The lowest BCUT2D eigenvalue weighted by Crippen LogP contribution is -2.25. The normalized spacial score (nSPS) is 13.1. The van der Waals surface area contributed by atoms with Gasteiger partial charge in [-0.3, -0.25) is 4.79 Å². The number of hydrogen-bond donors (Lipinski definition) is 0. The highest BCUT2D eigenvalue weighted by molar-refractivity contribution is 5.72. The second kappa shape index (κ2) is 29.0. The van der Waals surface area contributed by atoms with E-state index in [1.54, 1.807) is 0 Å². The maximum atomic E-state index is 13.0. The molecule has 0 rings (SSSR count). The minimum atomic E-state index is 0.101. The molecule has 36 heavy (non-hydrogen) atoms. The van der Waals surface area contributed by atoms with E-state index in [1.807, 2.05) is 0 Å². The lowest BCUT2D eigenvalue weighted by Gasteiger charge is -2.23.